The highest BCUT2D eigenvalue weighted by molar-refractivity contribution is 5.85. The summed E-state index contributed by atoms with van der Waals surface area (Å²) in [6, 6.07) is 7.32. The normalized spacial score (nSPS) is 20.3. The van der Waals surface area contributed by atoms with Gasteiger partial charge in [-0.2, -0.15) is 0 Å². The smallest absolute Gasteiger partial charge is 0.260 e. The van der Waals surface area contributed by atoms with Crippen molar-refractivity contribution in [3.05, 3.63) is 24.3 Å². The van der Waals surface area contributed by atoms with Gasteiger partial charge in [0.1, 0.15) is 11.5 Å². The molecule has 1 atom stereocenters. The molecule has 8 heteroatoms. The zero-order chi connectivity index (χ0) is 17.6. The number of carbonyl (C=O) groups is 2. The summed E-state index contributed by atoms with van der Waals surface area (Å²) >= 11 is 0. The lowest BCUT2D eigenvalue weighted by atomic mass is 10.0. The number of rotatable bonds is 5. The molecule has 0 aromatic heterocycles. The van der Waals surface area contributed by atoms with Crippen molar-refractivity contribution < 1.29 is 19.1 Å². The van der Waals surface area contributed by atoms with Crippen molar-refractivity contribution in [2.75, 3.05) is 46.4 Å². The van der Waals surface area contributed by atoms with Gasteiger partial charge in [-0.25, -0.2) is 0 Å². The summed E-state index contributed by atoms with van der Waals surface area (Å²) in [5.41, 5.74) is 0. The van der Waals surface area contributed by atoms with Gasteiger partial charge in [-0.1, -0.05) is 6.07 Å². The molecule has 1 unspecified atom stereocenters. The molecule has 1 aromatic carbocycles. The number of carbonyl (C=O) groups excluding carboxylic acids is 2. The van der Waals surface area contributed by atoms with Crippen LogP contribution in [-0.4, -0.2) is 74.1 Å². The molecule has 7 nitrogen and oxygen atoms in total. The van der Waals surface area contributed by atoms with Gasteiger partial charge in [0.05, 0.1) is 13.7 Å². The van der Waals surface area contributed by atoms with E-state index in [2.05, 4.69) is 5.32 Å². The third kappa shape index (κ3) is 5.02. The number of ether oxygens (including phenoxy) is 2. The molecule has 2 fully saturated rings. The van der Waals surface area contributed by atoms with Crippen LogP contribution in [0.15, 0.2) is 24.3 Å². The van der Waals surface area contributed by atoms with Crippen molar-refractivity contribution >= 4 is 24.2 Å². The molecule has 0 spiro atoms. The van der Waals surface area contributed by atoms with Crippen molar-refractivity contribution in [3.63, 3.8) is 0 Å². The van der Waals surface area contributed by atoms with E-state index >= 15 is 0 Å². The molecule has 2 aliphatic rings. The number of piperidine rings is 1. The first-order valence-corrected chi connectivity index (χ1v) is 8.72. The molecule has 26 heavy (non-hydrogen) atoms. The van der Waals surface area contributed by atoms with Gasteiger partial charge in [0.15, 0.2) is 6.61 Å². The lowest BCUT2D eigenvalue weighted by Gasteiger charge is -2.41. The Labute approximate surface area is 160 Å². The Hall–Kier alpha value is -1.99. The second-order valence-corrected chi connectivity index (χ2v) is 6.37. The molecule has 1 N–H and O–H groups in total. The van der Waals surface area contributed by atoms with Gasteiger partial charge in [-0.15, -0.1) is 12.4 Å². The molecule has 2 saturated heterocycles. The fourth-order valence-corrected chi connectivity index (χ4v) is 3.37. The highest BCUT2D eigenvalue weighted by Gasteiger charge is 2.31. The van der Waals surface area contributed by atoms with Crippen LogP contribution < -0.4 is 14.8 Å². The van der Waals surface area contributed by atoms with Crippen LogP contribution in [0.3, 0.4) is 0 Å². The van der Waals surface area contributed by atoms with Crippen LogP contribution in [0, 0.1) is 0 Å². The van der Waals surface area contributed by atoms with E-state index in [1.807, 2.05) is 21.9 Å². The van der Waals surface area contributed by atoms with Crippen molar-refractivity contribution in [3.8, 4) is 11.5 Å². The molecule has 0 bridgehead atoms. The molecule has 0 aliphatic carbocycles. The zero-order valence-corrected chi connectivity index (χ0v) is 15.8. The maximum atomic E-state index is 12.5. The van der Waals surface area contributed by atoms with Crippen LogP contribution in [0.5, 0.6) is 11.5 Å². The van der Waals surface area contributed by atoms with E-state index in [0.29, 0.717) is 31.1 Å². The molecule has 2 heterocycles. The molecule has 0 saturated carbocycles. The van der Waals surface area contributed by atoms with Crippen LogP contribution in [-0.2, 0) is 9.59 Å². The van der Waals surface area contributed by atoms with Crippen molar-refractivity contribution in [1.29, 1.82) is 0 Å². The van der Waals surface area contributed by atoms with Gasteiger partial charge in [0.2, 0.25) is 5.91 Å². The third-order valence-corrected chi connectivity index (χ3v) is 4.72. The van der Waals surface area contributed by atoms with Crippen molar-refractivity contribution in [1.82, 2.24) is 15.1 Å². The number of nitrogens with one attached hydrogen (secondary N) is 1. The molecule has 1 aromatic rings. The Bertz CT molecular complexity index is 628. The number of amides is 2. The van der Waals surface area contributed by atoms with Crippen LogP contribution >= 0.6 is 12.4 Å². The van der Waals surface area contributed by atoms with E-state index in [4.69, 9.17) is 9.47 Å². The van der Waals surface area contributed by atoms with Gasteiger partial charge >= 0.3 is 0 Å². The lowest BCUT2D eigenvalue weighted by Crippen LogP contribution is -2.57. The Morgan fingerprint density at radius 2 is 2.12 bits per heavy atom. The minimum absolute atomic E-state index is 0. The number of nitrogens with zero attached hydrogens (tertiary/aromatic N) is 2. The summed E-state index contributed by atoms with van der Waals surface area (Å²) in [7, 11) is 1.59. The third-order valence-electron chi connectivity index (χ3n) is 4.72. The fourth-order valence-electron chi connectivity index (χ4n) is 3.37. The van der Waals surface area contributed by atoms with Crippen LogP contribution in [0.1, 0.15) is 12.8 Å². The van der Waals surface area contributed by atoms with Crippen molar-refractivity contribution in [2.24, 2.45) is 0 Å². The van der Waals surface area contributed by atoms with Crippen LogP contribution in [0.2, 0.25) is 0 Å². The molecule has 2 amide bonds. The summed E-state index contributed by atoms with van der Waals surface area (Å²) in [5, 5.41) is 3.08. The van der Waals surface area contributed by atoms with Gasteiger partial charge in [-0.3, -0.25) is 9.59 Å². The molecule has 144 valence electrons. The predicted molar refractivity (Wildman–Crippen MR) is 99.9 cm³/mol. The second-order valence-electron chi connectivity index (χ2n) is 6.37. The Kier molecular flexibility index (Phi) is 7.53. The van der Waals surface area contributed by atoms with E-state index in [1.54, 1.807) is 19.2 Å². The highest BCUT2D eigenvalue weighted by atomic mass is 35.5. The number of likely N-dealkylation sites (tertiary alicyclic amines) is 1. The number of benzene rings is 1. The largest absolute Gasteiger partial charge is 0.497 e. The first-order chi connectivity index (χ1) is 12.2. The molecule has 3 rings (SSSR count). The Balaban J connectivity index is 0.00000243. The Morgan fingerprint density at radius 1 is 1.31 bits per heavy atom. The minimum Gasteiger partial charge on any atom is -0.497 e. The number of piperazine rings is 1. The highest BCUT2D eigenvalue weighted by Crippen LogP contribution is 2.20. The topological polar surface area (TPSA) is 71.1 Å². The summed E-state index contributed by atoms with van der Waals surface area (Å²) < 4.78 is 10.8. The number of hydrogen-bond donors (Lipinski definition) is 1. The second kappa shape index (κ2) is 9.64. The van der Waals surface area contributed by atoms with E-state index in [0.717, 1.165) is 25.9 Å². The summed E-state index contributed by atoms with van der Waals surface area (Å²) in [6.45, 7) is 3.23. The molecule has 0 radical (unpaired) electrons. The maximum Gasteiger partial charge on any atom is 0.260 e. The number of halogens is 1. The summed E-state index contributed by atoms with van der Waals surface area (Å²) in [4.78, 5) is 28.3. The minimum atomic E-state index is -0.0462. The van der Waals surface area contributed by atoms with E-state index in [1.165, 1.54) is 0 Å². The zero-order valence-electron chi connectivity index (χ0n) is 15.0. The van der Waals surface area contributed by atoms with Gasteiger partial charge in [-0.05, 0) is 25.0 Å². The van der Waals surface area contributed by atoms with Crippen LogP contribution in [0.25, 0.3) is 0 Å². The van der Waals surface area contributed by atoms with Crippen molar-refractivity contribution in [2.45, 2.75) is 18.9 Å². The molecule has 2 aliphatic heterocycles. The maximum absolute atomic E-state index is 12.5. The molecular formula is C18H26ClN3O4. The van der Waals surface area contributed by atoms with Crippen LogP contribution in [0.4, 0.5) is 0 Å². The number of hydrogen-bond acceptors (Lipinski definition) is 5. The first-order valence-electron chi connectivity index (χ1n) is 8.72. The Morgan fingerprint density at radius 3 is 2.88 bits per heavy atom. The fraction of sp³-hybridized carbons (Fsp3) is 0.556. The summed E-state index contributed by atoms with van der Waals surface area (Å²) in [5.74, 6) is 1.38. The number of methoxy groups -OCH3 is 1. The lowest BCUT2D eigenvalue weighted by molar-refractivity contribution is -0.141. The van der Waals surface area contributed by atoms with E-state index in [-0.39, 0.29) is 36.9 Å². The average Bonchev–Trinajstić information content (AvgIpc) is 2.66. The van der Waals surface area contributed by atoms with Gasteiger partial charge in [0, 0.05) is 38.3 Å². The first kappa shape index (κ1) is 20.3. The SMILES string of the molecule is COc1cccc(OCC(=O)N2CCCC(N3CCNCC3=O)C2)c1.Cl. The average molecular weight is 384 g/mol. The van der Waals surface area contributed by atoms with Gasteiger partial charge in [0.25, 0.3) is 5.91 Å². The van der Waals surface area contributed by atoms with Gasteiger partial charge < -0.3 is 24.6 Å². The standard InChI is InChI=1S/C18H25N3O4.ClH/c1-24-15-5-2-6-16(10-15)25-13-18(23)20-8-3-4-14(12-20)21-9-7-19-11-17(21)22;/h2,5-6,10,14,19H,3-4,7-9,11-13H2,1H3;1H. The monoisotopic (exact) mass is 383 g/mol. The molecular weight excluding hydrogens is 358 g/mol. The van der Waals surface area contributed by atoms with E-state index in [9.17, 15) is 9.59 Å². The van der Waals surface area contributed by atoms with E-state index < -0.39 is 0 Å². The quantitative estimate of drug-likeness (QED) is 0.818. The predicted octanol–water partition coefficient (Wildman–Crippen LogP) is 0.919. The summed E-state index contributed by atoms with van der Waals surface area (Å²) in [6.07, 6.45) is 1.86.